The minimum absolute atomic E-state index is 0.0391. The van der Waals surface area contributed by atoms with Crippen LogP contribution >= 0.6 is 0 Å². The number of hydrogen-bond donors (Lipinski definition) is 3. The second-order valence-corrected chi connectivity index (χ2v) is 3.92. The third-order valence-corrected chi connectivity index (χ3v) is 2.67. The fraction of sp³-hybridized carbons (Fsp3) is 0.900. The summed E-state index contributed by atoms with van der Waals surface area (Å²) in [7, 11) is 0. The fourth-order valence-corrected chi connectivity index (χ4v) is 1.75. The predicted octanol–water partition coefficient (Wildman–Crippen LogP) is -1.09. The van der Waals surface area contributed by atoms with E-state index in [1.807, 2.05) is 4.90 Å². The quantitative estimate of drug-likeness (QED) is 0.509. The summed E-state index contributed by atoms with van der Waals surface area (Å²) in [6.45, 7) is 2.88. The summed E-state index contributed by atoms with van der Waals surface area (Å²) in [4.78, 5) is 13.5. The zero-order valence-electron chi connectivity index (χ0n) is 9.11. The Kier molecular flexibility index (Phi) is 5.60. The molecule has 1 saturated heterocycles. The molecule has 5 nitrogen and oxygen atoms in total. The Bertz CT molecular complexity index is 199. The van der Waals surface area contributed by atoms with Crippen molar-refractivity contribution < 1.29 is 9.90 Å². The van der Waals surface area contributed by atoms with E-state index in [9.17, 15) is 4.79 Å². The lowest BCUT2D eigenvalue weighted by molar-refractivity contribution is -0.132. The number of carbonyl (C=O) groups is 1. The maximum absolute atomic E-state index is 11.7. The number of amides is 1. The number of piperazine rings is 1. The van der Waals surface area contributed by atoms with E-state index in [0.29, 0.717) is 19.5 Å². The van der Waals surface area contributed by atoms with Gasteiger partial charge in [-0.05, 0) is 19.4 Å². The van der Waals surface area contributed by atoms with Crippen LogP contribution in [0.3, 0.4) is 0 Å². The molecule has 1 aliphatic rings. The van der Waals surface area contributed by atoms with Crippen LogP contribution in [0.4, 0.5) is 0 Å². The standard InChI is InChI=1S/C10H21N3O2/c11-4-2-1-3-10(15)13-6-5-12-9(7-13)8-14/h9,12,14H,1-8,11H2/t9-/m0/s1. The Balaban J connectivity index is 2.25. The molecule has 0 aliphatic carbocycles. The molecule has 1 aliphatic heterocycles. The molecule has 0 radical (unpaired) electrons. The number of hydrogen-bond acceptors (Lipinski definition) is 4. The number of carbonyl (C=O) groups excluding carboxylic acids is 1. The Morgan fingerprint density at radius 1 is 1.53 bits per heavy atom. The first-order valence-electron chi connectivity index (χ1n) is 5.60. The van der Waals surface area contributed by atoms with Crippen LogP contribution in [0.25, 0.3) is 0 Å². The minimum atomic E-state index is 0.0391. The van der Waals surface area contributed by atoms with Crippen LogP contribution in [0.15, 0.2) is 0 Å². The van der Waals surface area contributed by atoms with Crippen LogP contribution in [0.5, 0.6) is 0 Å². The highest BCUT2D eigenvalue weighted by Crippen LogP contribution is 2.04. The summed E-state index contributed by atoms with van der Waals surface area (Å²) in [5.74, 6) is 0.184. The maximum Gasteiger partial charge on any atom is 0.222 e. The van der Waals surface area contributed by atoms with Gasteiger partial charge in [0.2, 0.25) is 5.91 Å². The first-order chi connectivity index (χ1) is 7.27. The lowest BCUT2D eigenvalue weighted by Gasteiger charge is -2.32. The van der Waals surface area contributed by atoms with Crippen LogP contribution in [-0.2, 0) is 4.79 Å². The zero-order chi connectivity index (χ0) is 11.1. The van der Waals surface area contributed by atoms with Gasteiger partial charge in [-0.3, -0.25) is 4.79 Å². The van der Waals surface area contributed by atoms with E-state index in [2.05, 4.69) is 5.32 Å². The molecular formula is C10H21N3O2. The van der Waals surface area contributed by atoms with Crippen molar-refractivity contribution >= 4 is 5.91 Å². The van der Waals surface area contributed by atoms with Crippen molar-refractivity contribution in [3.8, 4) is 0 Å². The van der Waals surface area contributed by atoms with E-state index >= 15 is 0 Å². The van der Waals surface area contributed by atoms with E-state index in [1.54, 1.807) is 0 Å². The number of aliphatic hydroxyl groups excluding tert-OH is 1. The summed E-state index contributed by atoms with van der Waals surface area (Å²) in [6, 6.07) is 0.0391. The summed E-state index contributed by atoms with van der Waals surface area (Å²) in [5.41, 5.74) is 5.37. The molecule has 0 spiro atoms. The van der Waals surface area contributed by atoms with Gasteiger partial charge >= 0.3 is 0 Å². The van der Waals surface area contributed by atoms with Crippen molar-refractivity contribution in [3.63, 3.8) is 0 Å². The molecule has 88 valence electrons. The average molecular weight is 215 g/mol. The van der Waals surface area contributed by atoms with E-state index in [4.69, 9.17) is 10.8 Å². The minimum Gasteiger partial charge on any atom is -0.395 e. The average Bonchev–Trinajstić information content (AvgIpc) is 2.29. The monoisotopic (exact) mass is 215 g/mol. The first kappa shape index (κ1) is 12.4. The molecule has 1 atom stereocenters. The number of aliphatic hydroxyl groups is 1. The molecule has 0 unspecified atom stereocenters. The molecule has 0 aromatic heterocycles. The van der Waals surface area contributed by atoms with Crippen molar-refractivity contribution in [2.45, 2.75) is 25.3 Å². The second kappa shape index (κ2) is 6.76. The van der Waals surface area contributed by atoms with Gasteiger partial charge in [0.15, 0.2) is 0 Å². The van der Waals surface area contributed by atoms with E-state index in [-0.39, 0.29) is 18.6 Å². The Morgan fingerprint density at radius 3 is 3.00 bits per heavy atom. The van der Waals surface area contributed by atoms with Gasteiger partial charge in [-0.15, -0.1) is 0 Å². The van der Waals surface area contributed by atoms with Gasteiger partial charge in [0.25, 0.3) is 0 Å². The van der Waals surface area contributed by atoms with Crippen LogP contribution in [0.1, 0.15) is 19.3 Å². The summed E-state index contributed by atoms with van der Waals surface area (Å²) in [6.07, 6.45) is 2.35. The molecule has 1 amide bonds. The Labute approximate surface area is 90.6 Å². The molecule has 1 heterocycles. The summed E-state index contributed by atoms with van der Waals surface area (Å²) >= 11 is 0. The second-order valence-electron chi connectivity index (χ2n) is 3.92. The molecule has 0 saturated carbocycles. The smallest absolute Gasteiger partial charge is 0.222 e. The molecule has 0 aromatic carbocycles. The van der Waals surface area contributed by atoms with Crippen LogP contribution < -0.4 is 11.1 Å². The third-order valence-electron chi connectivity index (χ3n) is 2.67. The third kappa shape index (κ3) is 4.15. The molecular weight excluding hydrogens is 194 g/mol. The van der Waals surface area contributed by atoms with Gasteiger partial charge in [0, 0.05) is 32.1 Å². The Morgan fingerprint density at radius 2 is 2.33 bits per heavy atom. The van der Waals surface area contributed by atoms with E-state index in [0.717, 1.165) is 25.9 Å². The SMILES string of the molecule is NCCCCC(=O)N1CCN[C@H](CO)C1. The number of nitrogens with zero attached hydrogens (tertiary/aromatic N) is 1. The summed E-state index contributed by atoms with van der Waals surface area (Å²) in [5, 5.41) is 12.1. The topological polar surface area (TPSA) is 78.6 Å². The van der Waals surface area contributed by atoms with Gasteiger partial charge in [0.1, 0.15) is 0 Å². The lowest BCUT2D eigenvalue weighted by Crippen LogP contribution is -2.53. The number of unbranched alkanes of at least 4 members (excludes halogenated alkanes) is 1. The van der Waals surface area contributed by atoms with Crippen molar-refractivity contribution in [2.24, 2.45) is 5.73 Å². The molecule has 1 rings (SSSR count). The van der Waals surface area contributed by atoms with Gasteiger partial charge in [-0.1, -0.05) is 0 Å². The van der Waals surface area contributed by atoms with Crippen LogP contribution in [0, 0.1) is 0 Å². The van der Waals surface area contributed by atoms with Crippen molar-refractivity contribution in [1.29, 1.82) is 0 Å². The largest absolute Gasteiger partial charge is 0.395 e. The van der Waals surface area contributed by atoms with Gasteiger partial charge in [-0.2, -0.15) is 0 Å². The highest BCUT2D eigenvalue weighted by molar-refractivity contribution is 5.76. The molecule has 15 heavy (non-hydrogen) atoms. The summed E-state index contributed by atoms with van der Waals surface area (Å²) < 4.78 is 0. The van der Waals surface area contributed by atoms with Crippen LogP contribution in [-0.4, -0.2) is 54.7 Å². The number of nitrogens with two attached hydrogens (primary N) is 1. The first-order valence-corrected chi connectivity index (χ1v) is 5.60. The molecule has 0 aromatic rings. The molecule has 5 heteroatoms. The van der Waals surface area contributed by atoms with Crippen molar-refractivity contribution in [2.75, 3.05) is 32.8 Å². The van der Waals surface area contributed by atoms with E-state index in [1.165, 1.54) is 0 Å². The highest BCUT2D eigenvalue weighted by Gasteiger charge is 2.21. The number of nitrogens with one attached hydrogen (secondary N) is 1. The fourth-order valence-electron chi connectivity index (χ4n) is 1.75. The molecule has 1 fully saturated rings. The lowest BCUT2D eigenvalue weighted by atomic mass is 10.1. The van der Waals surface area contributed by atoms with Gasteiger partial charge in [0.05, 0.1) is 6.61 Å². The predicted molar refractivity (Wildman–Crippen MR) is 58.4 cm³/mol. The van der Waals surface area contributed by atoms with Crippen molar-refractivity contribution in [1.82, 2.24) is 10.2 Å². The Hall–Kier alpha value is -0.650. The molecule has 0 bridgehead atoms. The van der Waals surface area contributed by atoms with Crippen molar-refractivity contribution in [3.05, 3.63) is 0 Å². The zero-order valence-corrected chi connectivity index (χ0v) is 9.11. The van der Waals surface area contributed by atoms with E-state index < -0.39 is 0 Å². The number of rotatable bonds is 5. The molecule has 4 N–H and O–H groups in total. The van der Waals surface area contributed by atoms with Gasteiger partial charge in [-0.25, -0.2) is 0 Å². The normalized spacial score (nSPS) is 21.7. The highest BCUT2D eigenvalue weighted by atomic mass is 16.3. The van der Waals surface area contributed by atoms with Gasteiger partial charge < -0.3 is 21.1 Å². The van der Waals surface area contributed by atoms with Crippen LogP contribution in [0.2, 0.25) is 0 Å². The maximum atomic E-state index is 11.7.